The van der Waals surface area contributed by atoms with Gasteiger partial charge in [-0.25, -0.2) is 4.98 Å². The molecule has 1 aromatic heterocycles. The highest BCUT2D eigenvalue weighted by Gasteiger charge is 2.29. The van der Waals surface area contributed by atoms with E-state index >= 15 is 0 Å². The Labute approximate surface area is 76.2 Å². The van der Waals surface area contributed by atoms with E-state index in [-0.39, 0.29) is 11.8 Å². The summed E-state index contributed by atoms with van der Waals surface area (Å²) in [7, 11) is 1.80. The summed E-state index contributed by atoms with van der Waals surface area (Å²) < 4.78 is 1.62. The Kier molecular flexibility index (Phi) is 2.00. The molecule has 0 aliphatic heterocycles. The molecular weight excluding hydrogens is 168 g/mol. The Balaban J connectivity index is 1.81. The van der Waals surface area contributed by atoms with Crippen LogP contribution in [0, 0.1) is 5.92 Å². The van der Waals surface area contributed by atoms with E-state index in [1.807, 2.05) is 0 Å². The Bertz CT molecular complexity index is 316. The Hall–Kier alpha value is -1.39. The Morgan fingerprint density at radius 2 is 2.54 bits per heavy atom. The molecular formula is C8H12N4O. The minimum absolute atomic E-state index is 0.132. The number of rotatable bonds is 3. The van der Waals surface area contributed by atoms with Crippen molar-refractivity contribution in [3.05, 3.63) is 12.2 Å². The molecule has 0 bridgehead atoms. The lowest BCUT2D eigenvalue weighted by Gasteiger charge is -1.99. The molecule has 0 radical (unpaired) electrons. The molecule has 13 heavy (non-hydrogen) atoms. The van der Waals surface area contributed by atoms with Gasteiger partial charge in [-0.05, 0) is 12.8 Å². The first-order valence-corrected chi connectivity index (χ1v) is 4.38. The topological polar surface area (TPSA) is 59.8 Å². The molecule has 2 rings (SSSR count). The molecule has 5 nitrogen and oxygen atoms in total. The zero-order valence-corrected chi connectivity index (χ0v) is 7.53. The zero-order valence-electron chi connectivity index (χ0n) is 7.53. The summed E-state index contributed by atoms with van der Waals surface area (Å²) in [6, 6.07) is 0. The second-order valence-corrected chi connectivity index (χ2v) is 3.33. The molecule has 1 fully saturated rings. The molecule has 0 saturated heterocycles. The van der Waals surface area contributed by atoms with Gasteiger partial charge in [-0.2, -0.15) is 5.10 Å². The first-order valence-electron chi connectivity index (χ1n) is 4.38. The summed E-state index contributed by atoms with van der Waals surface area (Å²) in [5.74, 6) is 1.05. The van der Waals surface area contributed by atoms with Crippen molar-refractivity contribution in [1.82, 2.24) is 20.1 Å². The van der Waals surface area contributed by atoms with Crippen LogP contribution in [0.2, 0.25) is 0 Å². The number of aryl methyl sites for hydroxylation is 1. The van der Waals surface area contributed by atoms with Gasteiger partial charge in [0.25, 0.3) is 0 Å². The molecule has 0 atom stereocenters. The third kappa shape index (κ3) is 2.05. The van der Waals surface area contributed by atoms with Crippen molar-refractivity contribution in [3.63, 3.8) is 0 Å². The molecule has 1 aliphatic rings. The summed E-state index contributed by atoms with van der Waals surface area (Å²) >= 11 is 0. The molecule has 1 aliphatic carbocycles. The van der Waals surface area contributed by atoms with Gasteiger partial charge in [0.15, 0.2) is 5.82 Å². The lowest BCUT2D eigenvalue weighted by atomic mass is 10.4. The number of amides is 1. The summed E-state index contributed by atoms with van der Waals surface area (Å²) in [6.07, 6.45) is 3.68. The molecule has 1 saturated carbocycles. The van der Waals surface area contributed by atoms with Crippen LogP contribution in [0.4, 0.5) is 0 Å². The predicted molar refractivity (Wildman–Crippen MR) is 45.6 cm³/mol. The van der Waals surface area contributed by atoms with Gasteiger partial charge in [-0.3, -0.25) is 9.48 Å². The van der Waals surface area contributed by atoms with E-state index in [2.05, 4.69) is 15.4 Å². The van der Waals surface area contributed by atoms with E-state index < -0.39 is 0 Å². The van der Waals surface area contributed by atoms with Gasteiger partial charge in [0.2, 0.25) is 5.91 Å². The molecule has 1 aromatic rings. The number of hydrogen-bond donors (Lipinski definition) is 1. The summed E-state index contributed by atoms with van der Waals surface area (Å²) in [5.41, 5.74) is 0. The quantitative estimate of drug-likeness (QED) is 0.703. The number of nitrogens with one attached hydrogen (secondary N) is 1. The maximum Gasteiger partial charge on any atom is 0.223 e. The lowest BCUT2D eigenvalue weighted by Crippen LogP contribution is -2.24. The highest BCUT2D eigenvalue weighted by Crippen LogP contribution is 2.28. The van der Waals surface area contributed by atoms with Crippen LogP contribution in [-0.4, -0.2) is 20.7 Å². The average Bonchev–Trinajstić information content (AvgIpc) is 2.87. The molecule has 1 heterocycles. The summed E-state index contributed by atoms with van der Waals surface area (Å²) in [4.78, 5) is 15.2. The number of hydrogen-bond acceptors (Lipinski definition) is 3. The first kappa shape index (κ1) is 8.22. The van der Waals surface area contributed by atoms with Crippen molar-refractivity contribution in [2.45, 2.75) is 19.4 Å². The third-order valence-corrected chi connectivity index (χ3v) is 2.02. The van der Waals surface area contributed by atoms with E-state index in [4.69, 9.17) is 0 Å². The van der Waals surface area contributed by atoms with Crippen molar-refractivity contribution in [3.8, 4) is 0 Å². The smallest absolute Gasteiger partial charge is 0.223 e. The fraction of sp³-hybridized carbons (Fsp3) is 0.625. The molecule has 70 valence electrons. The molecule has 0 unspecified atom stereocenters. The minimum Gasteiger partial charge on any atom is -0.348 e. The zero-order chi connectivity index (χ0) is 9.26. The van der Waals surface area contributed by atoms with Crippen LogP contribution < -0.4 is 5.32 Å². The highest BCUT2D eigenvalue weighted by atomic mass is 16.2. The molecule has 0 aromatic carbocycles. The second-order valence-electron chi connectivity index (χ2n) is 3.33. The number of carbonyl (C=O) groups is 1. The van der Waals surface area contributed by atoms with Crippen LogP contribution in [0.25, 0.3) is 0 Å². The maximum atomic E-state index is 11.2. The minimum atomic E-state index is 0.132. The molecule has 1 N–H and O–H groups in total. The van der Waals surface area contributed by atoms with Crippen molar-refractivity contribution in [1.29, 1.82) is 0 Å². The monoisotopic (exact) mass is 180 g/mol. The Morgan fingerprint density at radius 3 is 3.08 bits per heavy atom. The SMILES string of the molecule is Cn1cnc(CNC(=O)C2CC2)n1. The first-order chi connectivity index (χ1) is 6.25. The molecule has 1 amide bonds. The van der Waals surface area contributed by atoms with E-state index in [0.29, 0.717) is 12.4 Å². The molecule has 5 heteroatoms. The maximum absolute atomic E-state index is 11.2. The lowest BCUT2D eigenvalue weighted by molar-refractivity contribution is -0.122. The highest BCUT2D eigenvalue weighted by molar-refractivity contribution is 5.80. The van der Waals surface area contributed by atoms with Gasteiger partial charge in [0, 0.05) is 13.0 Å². The fourth-order valence-corrected chi connectivity index (χ4v) is 1.12. The standard InChI is InChI=1S/C8H12N4O/c1-12-5-10-7(11-12)4-9-8(13)6-2-3-6/h5-6H,2-4H2,1H3,(H,9,13). The van der Waals surface area contributed by atoms with Crippen LogP contribution in [0.3, 0.4) is 0 Å². The van der Waals surface area contributed by atoms with Gasteiger partial charge < -0.3 is 5.32 Å². The van der Waals surface area contributed by atoms with Crippen molar-refractivity contribution in [2.75, 3.05) is 0 Å². The number of carbonyl (C=O) groups excluding carboxylic acids is 1. The Morgan fingerprint density at radius 1 is 1.77 bits per heavy atom. The van der Waals surface area contributed by atoms with Gasteiger partial charge in [-0.1, -0.05) is 0 Å². The van der Waals surface area contributed by atoms with Gasteiger partial charge >= 0.3 is 0 Å². The van der Waals surface area contributed by atoms with E-state index in [9.17, 15) is 4.79 Å². The molecule has 0 spiro atoms. The third-order valence-electron chi connectivity index (χ3n) is 2.02. The van der Waals surface area contributed by atoms with Crippen LogP contribution >= 0.6 is 0 Å². The van der Waals surface area contributed by atoms with Gasteiger partial charge in [0.1, 0.15) is 6.33 Å². The number of nitrogens with zero attached hydrogens (tertiary/aromatic N) is 3. The predicted octanol–water partition coefficient (Wildman–Crippen LogP) is -0.159. The largest absolute Gasteiger partial charge is 0.348 e. The van der Waals surface area contributed by atoms with Crippen LogP contribution in [0.15, 0.2) is 6.33 Å². The van der Waals surface area contributed by atoms with E-state index in [1.54, 1.807) is 18.1 Å². The fourth-order valence-electron chi connectivity index (χ4n) is 1.12. The van der Waals surface area contributed by atoms with Crippen molar-refractivity contribution in [2.24, 2.45) is 13.0 Å². The number of aromatic nitrogens is 3. The van der Waals surface area contributed by atoms with Gasteiger partial charge in [-0.15, -0.1) is 0 Å². The average molecular weight is 180 g/mol. The van der Waals surface area contributed by atoms with Crippen molar-refractivity contribution < 1.29 is 4.79 Å². The normalized spacial score (nSPS) is 15.8. The van der Waals surface area contributed by atoms with E-state index in [0.717, 1.165) is 12.8 Å². The van der Waals surface area contributed by atoms with Crippen LogP contribution in [-0.2, 0) is 18.4 Å². The van der Waals surface area contributed by atoms with Crippen LogP contribution in [0.5, 0.6) is 0 Å². The summed E-state index contributed by atoms with van der Waals surface area (Å²) in [6.45, 7) is 0.441. The van der Waals surface area contributed by atoms with Crippen LogP contribution in [0.1, 0.15) is 18.7 Å². The van der Waals surface area contributed by atoms with Gasteiger partial charge in [0.05, 0.1) is 6.54 Å². The second kappa shape index (κ2) is 3.16. The van der Waals surface area contributed by atoms with Crippen molar-refractivity contribution >= 4 is 5.91 Å². The summed E-state index contributed by atoms with van der Waals surface area (Å²) in [5, 5.41) is 6.85. The van der Waals surface area contributed by atoms with E-state index in [1.165, 1.54) is 0 Å².